The van der Waals surface area contributed by atoms with Crippen LogP contribution in [0, 0.1) is 5.92 Å². The Morgan fingerprint density at radius 2 is 1.86 bits per heavy atom. The molecule has 110 valence electrons. The third-order valence-corrected chi connectivity index (χ3v) is 4.27. The van der Waals surface area contributed by atoms with E-state index in [0.717, 1.165) is 12.0 Å². The quantitative estimate of drug-likeness (QED) is 0.628. The summed E-state index contributed by atoms with van der Waals surface area (Å²) in [6.07, 6.45) is 0.938. The lowest BCUT2D eigenvalue weighted by atomic mass is 9.80. The highest BCUT2D eigenvalue weighted by atomic mass is 35.5. The van der Waals surface area contributed by atoms with E-state index in [1.54, 1.807) is 18.2 Å². The van der Waals surface area contributed by atoms with Gasteiger partial charge in [0.1, 0.15) is 0 Å². The van der Waals surface area contributed by atoms with Crippen molar-refractivity contribution in [2.45, 2.75) is 26.2 Å². The van der Waals surface area contributed by atoms with E-state index in [0.29, 0.717) is 16.3 Å². The second-order valence-electron chi connectivity index (χ2n) is 5.37. The molecule has 0 bridgehead atoms. The van der Waals surface area contributed by atoms with Gasteiger partial charge in [-0.3, -0.25) is 4.79 Å². The van der Waals surface area contributed by atoms with Gasteiger partial charge < -0.3 is 5.73 Å². The molecule has 0 heterocycles. The zero-order valence-corrected chi connectivity index (χ0v) is 13.1. The minimum atomic E-state index is -0.157. The molecule has 0 aromatic heterocycles. The van der Waals surface area contributed by atoms with Crippen LogP contribution in [0.4, 0.5) is 5.69 Å². The Bertz CT molecular complexity index is 624. The van der Waals surface area contributed by atoms with Crippen LogP contribution >= 0.6 is 11.6 Å². The SMILES string of the molecule is CCC(C)C(C(=O)c1ccc(N)c(Cl)c1)c1ccccc1. The Hall–Kier alpha value is -1.80. The monoisotopic (exact) mass is 301 g/mol. The van der Waals surface area contributed by atoms with Crippen LogP contribution in [0.2, 0.25) is 5.02 Å². The molecule has 2 unspecified atom stereocenters. The molecule has 0 aliphatic rings. The Balaban J connectivity index is 2.41. The fraction of sp³-hybridized carbons (Fsp3) is 0.278. The number of Topliss-reactive ketones (excluding diaryl/α,β-unsaturated/α-hetero) is 1. The molecular formula is C18H20ClNO. The first-order valence-electron chi connectivity index (χ1n) is 7.18. The average molecular weight is 302 g/mol. The van der Waals surface area contributed by atoms with E-state index in [1.807, 2.05) is 30.3 Å². The maximum absolute atomic E-state index is 12.9. The van der Waals surface area contributed by atoms with Crippen molar-refractivity contribution >= 4 is 23.1 Å². The number of halogens is 1. The molecule has 2 aromatic carbocycles. The van der Waals surface area contributed by atoms with Gasteiger partial charge in [0.05, 0.1) is 10.7 Å². The van der Waals surface area contributed by atoms with Crippen molar-refractivity contribution in [2.24, 2.45) is 5.92 Å². The fourth-order valence-electron chi connectivity index (χ4n) is 2.49. The van der Waals surface area contributed by atoms with Gasteiger partial charge in [0, 0.05) is 11.5 Å². The highest BCUT2D eigenvalue weighted by Gasteiger charge is 2.26. The van der Waals surface area contributed by atoms with Crippen LogP contribution in [0.25, 0.3) is 0 Å². The van der Waals surface area contributed by atoms with Crippen molar-refractivity contribution in [1.29, 1.82) is 0 Å². The maximum atomic E-state index is 12.9. The predicted octanol–water partition coefficient (Wildman–Crippen LogP) is 4.93. The molecule has 0 saturated carbocycles. The van der Waals surface area contributed by atoms with Crippen molar-refractivity contribution in [3.63, 3.8) is 0 Å². The van der Waals surface area contributed by atoms with Crippen LogP contribution in [0.1, 0.15) is 42.1 Å². The predicted molar refractivity (Wildman–Crippen MR) is 88.8 cm³/mol. The Kier molecular flexibility index (Phi) is 5.03. The Morgan fingerprint density at radius 3 is 2.43 bits per heavy atom. The third-order valence-electron chi connectivity index (χ3n) is 3.94. The molecule has 2 rings (SSSR count). The second-order valence-corrected chi connectivity index (χ2v) is 5.78. The molecule has 0 saturated heterocycles. The molecule has 0 amide bonds. The molecule has 2 N–H and O–H groups in total. The first-order valence-corrected chi connectivity index (χ1v) is 7.56. The van der Waals surface area contributed by atoms with E-state index in [1.165, 1.54) is 0 Å². The summed E-state index contributed by atoms with van der Waals surface area (Å²) in [5.74, 6) is 0.199. The number of carbonyl (C=O) groups excluding carboxylic acids is 1. The second kappa shape index (κ2) is 6.77. The van der Waals surface area contributed by atoms with Crippen molar-refractivity contribution in [2.75, 3.05) is 5.73 Å². The molecule has 0 fully saturated rings. The van der Waals surface area contributed by atoms with Gasteiger partial charge in [0.15, 0.2) is 5.78 Å². The number of hydrogen-bond acceptors (Lipinski definition) is 2. The summed E-state index contributed by atoms with van der Waals surface area (Å²) in [5, 5.41) is 0.428. The van der Waals surface area contributed by atoms with Crippen LogP contribution in [0.3, 0.4) is 0 Å². The number of hydrogen-bond donors (Lipinski definition) is 1. The first kappa shape index (κ1) is 15.6. The van der Waals surface area contributed by atoms with Gasteiger partial charge in [-0.2, -0.15) is 0 Å². The molecule has 0 aliphatic carbocycles. The summed E-state index contributed by atoms with van der Waals surface area (Å²) in [7, 11) is 0. The minimum Gasteiger partial charge on any atom is -0.398 e. The molecule has 2 nitrogen and oxygen atoms in total. The van der Waals surface area contributed by atoms with Crippen LogP contribution in [0.5, 0.6) is 0 Å². The van der Waals surface area contributed by atoms with E-state index < -0.39 is 0 Å². The zero-order valence-electron chi connectivity index (χ0n) is 12.3. The fourth-order valence-corrected chi connectivity index (χ4v) is 2.67. The van der Waals surface area contributed by atoms with Gasteiger partial charge in [-0.25, -0.2) is 0 Å². The van der Waals surface area contributed by atoms with E-state index >= 15 is 0 Å². The molecule has 0 radical (unpaired) electrons. The summed E-state index contributed by atoms with van der Waals surface area (Å²) >= 11 is 6.04. The minimum absolute atomic E-state index is 0.0949. The van der Waals surface area contributed by atoms with Gasteiger partial charge in [-0.05, 0) is 29.7 Å². The lowest BCUT2D eigenvalue weighted by molar-refractivity contribution is 0.0932. The maximum Gasteiger partial charge on any atom is 0.170 e. The van der Waals surface area contributed by atoms with Gasteiger partial charge in [0.2, 0.25) is 0 Å². The Morgan fingerprint density at radius 1 is 1.19 bits per heavy atom. The normalized spacial score (nSPS) is 13.7. The van der Waals surface area contributed by atoms with Gasteiger partial charge >= 0.3 is 0 Å². The standard InChI is InChI=1S/C18H20ClNO/c1-3-12(2)17(13-7-5-4-6-8-13)18(21)14-9-10-16(20)15(19)11-14/h4-12,17H,3,20H2,1-2H3. The lowest BCUT2D eigenvalue weighted by Gasteiger charge is -2.22. The Labute approximate surface area is 130 Å². The van der Waals surface area contributed by atoms with Crippen molar-refractivity contribution in [3.8, 4) is 0 Å². The van der Waals surface area contributed by atoms with E-state index in [2.05, 4.69) is 13.8 Å². The molecule has 2 aromatic rings. The van der Waals surface area contributed by atoms with Gasteiger partial charge in [-0.15, -0.1) is 0 Å². The van der Waals surface area contributed by atoms with Crippen LogP contribution < -0.4 is 5.73 Å². The summed E-state index contributed by atoms with van der Waals surface area (Å²) in [4.78, 5) is 12.9. The summed E-state index contributed by atoms with van der Waals surface area (Å²) in [5.41, 5.74) is 7.87. The number of ketones is 1. The summed E-state index contributed by atoms with van der Waals surface area (Å²) in [6, 6.07) is 15.0. The molecular weight excluding hydrogens is 282 g/mol. The number of carbonyl (C=O) groups is 1. The molecule has 3 heteroatoms. The van der Waals surface area contributed by atoms with E-state index in [4.69, 9.17) is 17.3 Å². The van der Waals surface area contributed by atoms with Gasteiger partial charge in [0.25, 0.3) is 0 Å². The number of benzene rings is 2. The van der Waals surface area contributed by atoms with Crippen LogP contribution in [0.15, 0.2) is 48.5 Å². The number of nitrogen functional groups attached to an aromatic ring is 1. The molecule has 0 spiro atoms. The van der Waals surface area contributed by atoms with Gasteiger partial charge in [-0.1, -0.05) is 62.2 Å². The van der Waals surface area contributed by atoms with Crippen LogP contribution in [-0.2, 0) is 0 Å². The average Bonchev–Trinajstić information content (AvgIpc) is 2.51. The summed E-state index contributed by atoms with van der Waals surface area (Å²) < 4.78 is 0. The van der Waals surface area contributed by atoms with Crippen molar-refractivity contribution < 1.29 is 4.79 Å². The highest BCUT2D eigenvalue weighted by Crippen LogP contribution is 2.32. The van der Waals surface area contributed by atoms with Crippen molar-refractivity contribution in [3.05, 3.63) is 64.7 Å². The highest BCUT2D eigenvalue weighted by molar-refractivity contribution is 6.33. The third kappa shape index (κ3) is 3.45. The first-order chi connectivity index (χ1) is 10.0. The smallest absolute Gasteiger partial charge is 0.170 e. The number of rotatable bonds is 5. The largest absolute Gasteiger partial charge is 0.398 e. The molecule has 21 heavy (non-hydrogen) atoms. The molecule has 2 atom stereocenters. The number of nitrogens with two attached hydrogens (primary N) is 1. The number of anilines is 1. The zero-order chi connectivity index (χ0) is 15.4. The van der Waals surface area contributed by atoms with E-state index in [9.17, 15) is 4.79 Å². The summed E-state index contributed by atoms with van der Waals surface area (Å²) in [6.45, 7) is 4.21. The lowest BCUT2D eigenvalue weighted by Crippen LogP contribution is -2.20. The van der Waals surface area contributed by atoms with Crippen LogP contribution in [-0.4, -0.2) is 5.78 Å². The van der Waals surface area contributed by atoms with Crippen molar-refractivity contribution in [1.82, 2.24) is 0 Å². The molecule has 0 aliphatic heterocycles. The van der Waals surface area contributed by atoms with E-state index in [-0.39, 0.29) is 17.6 Å². The topological polar surface area (TPSA) is 43.1 Å².